The number of rotatable bonds is 2. The Hall–Kier alpha value is -1.59. The number of aliphatic hydroxyl groups is 1. The van der Waals surface area contributed by atoms with Crippen molar-refractivity contribution in [1.29, 1.82) is 0 Å². The molecule has 1 fully saturated rings. The lowest BCUT2D eigenvalue weighted by molar-refractivity contribution is 0.0578. The molecule has 3 N–H and O–H groups in total. The van der Waals surface area contributed by atoms with Crippen LogP contribution in [0, 0.1) is 6.92 Å². The van der Waals surface area contributed by atoms with Crippen LogP contribution in [-0.4, -0.2) is 53.3 Å². The maximum Gasteiger partial charge on any atom is 0.257 e. The number of aliphatic hydroxyl groups excluding tert-OH is 1. The molecule has 0 spiro atoms. The summed E-state index contributed by atoms with van der Waals surface area (Å²) in [6.45, 7) is 2.80. The molecule has 0 saturated carbocycles. The minimum atomic E-state index is -0.564. The zero-order valence-corrected chi connectivity index (χ0v) is 10.6. The zero-order valence-electron chi connectivity index (χ0n) is 10.6. The van der Waals surface area contributed by atoms with Gasteiger partial charge < -0.3 is 20.4 Å². The van der Waals surface area contributed by atoms with Crippen molar-refractivity contribution in [2.75, 3.05) is 20.1 Å². The van der Waals surface area contributed by atoms with E-state index in [2.05, 4.69) is 5.32 Å². The summed E-state index contributed by atoms with van der Waals surface area (Å²) in [7, 11) is 1.64. The van der Waals surface area contributed by atoms with Gasteiger partial charge in [0, 0.05) is 20.1 Å². The number of likely N-dealkylation sites (N-methyl/N-ethyl adjacent to an activating group) is 1. The first-order valence-corrected chi connectivity index (χ1v) is 5.97. The van der Waals surface area contributed by atoms with Crippen molar-refractivity contribution in [3.05, 3.63) is 29.3 Å². The van der Waals surface area contributed by atoms with Gasteiger partial charge in [-0.05, 0) is 18.6 Å². The number of amides is 1. The summed E-state index contributed by atoms with van der Waals surface area (Å²) in [6, 6.07) is 4.82. The van der Waals surface area contributed by atoms with Gasteiger partial charge in [0.05, 0.1) is 17.7 Å². The van der Waals surface area contributed by atoms with Gasteiger partial charge in [-0.3, -0.25) is 4.79 Å². The number of carbonyl (C=O) groups is 1. The number of para-hydroxylation sites is 1. The summed E-state index contributed by atoms with van der Waals surface area (Å²) in [4.78, 5) is 13.8. The summed E-state index contributed by atoms with van der Waals surface area (Å²) >= 11 is 0. The van der Waals surface area contributed by atoms with Gasteiger partial charge in [0.25, 0.3) is 5.91 Å². The summed E-state index contributed by atoms with van der Waals surface area (Å²) in [5.74, 6) is -0.265. The Morgan fingerprint density at radius 3 is 2.78 bits per heavy atom. The Labute approximate surface area is 106 Å². The maximum atomic E-state index is 12.3. The molecule has 98 valence electrons. The van der Waals surface area contributed by atoms with Crippen molar-refractivity contribution in [3.63, 3.8) is 0 Å². The van der Waals surface area contributed by atoms with Crippen LogP contribution in [0.15, 0.2) is 18.2 Å². The molecule has 5 heteroatoms. The average Bonchev–Trinajstić information content (AvgIpc) is 2.77. The van der Waals surface area contributed by atoms with Crippen LogP contribution in [-0.2, 0) is 0 Å². The number of phenols is 1. The largest absolute Gasteiger partial charge is 0.507 e. The Balaban J connectivity index is 2.23. The molecule has 0 radical (unpaired) electrons. The number of nitrogens with zero attached hydrogens (tertiary/aromatic N) is 1. The van der Waals surface area contributed by atoms with E-state index in [9.17, 15) is 15.0 Å². The molecule has 18 heavy (non-hydrogen) atoms. The first kappa shape index (κ1) is 12.9. The fourth-order valence-electron chi connectivity index (χ4n) is 2.22. The topological polar surface area (TPSA) is 72.8 Å². The van der Waals surface area contributed by atoms with Crippen LogP contribution >= 0.6 is 0 Å². The zero-order chi connectivity index (χ0) is 13.3. The minimum Gasteiger partial charge on any atom is -0.507 e. The fourth-order valence-corrected chi connectivity index (χ4v) is 2.22. The molecule has 2 rings (SSSR count). The van der Waals surface area contributed by atoms with Crippen LogP contribution in [0.25, 0.3) is 0 Å². The molecular formula is C13H18N2O3. The summed E-state index contributed by atoms with van der Waals surface area (Å²) in [6.07, 6.45) is -0.564. The monoisotopic (exact) mass is 250 g/mol. The van der Waals surface area contributed by atoms with Crippen LogP contribution in [0.5, 0.6) is 5.75 Å². The molecule has 0 aliphatic carbocycles. The van der Waals surface area contributed by atoms with Gasteiger partial charge in [-0.2, -0.15) is 0 Å². The highest BCUT2D eigenvalue weighted by Crippen LogP contribution is 2.23. The third kappa shape index (κ3) is 2.19. The number of carbonyl (C=O) groups excluding carboxylic acids is 1. The van der Waals surface area contributed by atoms with E-state index < -0.39 is 6.10 Å². The second kappa shape index (κ2) is 4.96. The normalized spacial score (nSPS) is 23.1. The lowest BCUT2D eigenvalue weighted by atomic mass is 10.1. The molecule has 0 aromatic heterocycles. The summed E-state index contributed by atoms with van der Waals surface area (Å²) in [5.41, 5.74) is 0.941. The number of benzene rings is 1. The molecule has 0 bridgehead atoms. The first-order valence-electron chi connectivity index (χ1n) is 5.97. The Morgan fingerprint density at radius 1 is 1.44 bits per heavy atom. The molecule has 1 aromatic rings. The lowest BCUT2D eigenvalue weighted by Crippen LogP contribution is -2.44. The molecule has 2 atom stereocenters. The third-order valence-electron chi connectivity index (χ3n) is 3.44. The van der Waals surface area contributed by atoms with Crippen molar-refractivity contribution >= 4 is 5.91 Å². The predicted octanol–water partition coefficient (Wildman–Crippen LogP) is 0.105. The van der Waals surface area contributed by atoms with Crippen molar-refractivity contribution < 1.29 is 15.0 Å². The molecule has 1 heterocycles. The van der Waals surface area contributed by atoms with Gasteiger partial charge in [0.1, 0.15) is 5.75 Å². The molecule has 1 amide bonds. The highest BCUT2D eigenvalue weighted by molar-refractivity contribution is 5.97. The van der Waals surface area contributed by atoms with Crippen LogP contribution in [0.4, 0.5) is 0 Å². The van der Waals surface area contributed by atoms with E-state index in [0.717, 1.165) is 0 Å². The fraction of sp³-hybridized carbons (Fsp3) is 0.462. The Morgan fingerprint density at radius 2 is 2.17 bits per heavy atom. The van der Waals surface area contributed by atoms with E-state index in [1.807, 2.05) is 0 Å². The number of β-amino-alcohol motifs (C(OH)–C–C–N with tert-alkyl or cyclic N) is 1. The summed E-state index contributed by atoms with van der Waals surface area (Å²) < 4.78 is 0. The number of hydrogen-bond donors (Lipinski definition) is 3. The molecule has 1 aromatic carbocycles. The SMILES string of the molecule is Cc1cccc(C(=O)N(C)[C@H]2CNC[C@@H]2O)c1O. The third-order valence-corrected chi connectivity index (χ3v) is 3.44. The molecule has 0 unspecified atom stereocenters. The number of phenolic OH excluding ortho intramolecular Hbond substituents is 1. The van der Waals surface area contributed by atoms with Crippen LogP contribution < -0.4 is 5.32 Å². The van der Waals surface area contributed by atoms with Gasteiger partial charge in [-0.15, -0.1) is 0 Å². The molecule has 1 aliphatic heterocycles. The molecule has 5 nitrogen and oxygen atoms in total. The Kier molecular flexibility index (Phi) is 3.54. The van der Waals surface area contributed by atoms with Crippen molar-refractivity contribution in [2.45, 2.75) is 19.1 Å². The van der Waals surface area contributed by atoms with E-state index in [1.165, 1.54) is 4.90 Å². The van der Waals surface area contributed by atoms with E-state index in [-0.39, 0.29) is 23.3 Å². The standard InChI is InChI=1S/C13H18N2O3/c1-8-4-3-5-9(12(8)17)13(18)15(2)10-6-14-7-11(10)16/h3-5,10-11,14,16-17H,6-7H2,1-2H3/t10-,11-/m0/s1. The Bertz CT molecular complexity index is 462. The second-order valence-corrected chi connectivity index (χ2v) is 4.68. The van der Waals surface area contributed by atoms with Crippen LogP contribution in [0.1, 0.15) is 15.9 Å². The number of nitrogens with one attached hydrogen (secondary N) is 1. The summed E-state index contributed by atoms with van der Waals surface area (Å²) in [5, 5.41) is 22.7. The first-order chi connectivity index (χ1) is 8.52. The van der Waals surface area contributed by atoms with E-state index in [0.29, 0.717) is 18.7 Å². The lowest BCUT2D eigenvalue weighted by Gasteiger charge is -2.26. The van der Waals surface area contributed by atoms with Gasteiger partial charge in [0.15, 0.2) is 0 Å². The van der Waals surface area contributed by atoms with Gasteiger partial charge in [0.2, 0.25) is 0 Å². The average molecular weight is 250 g/mol. The second-order valence-electron chi connectivity index (χ2n) is 4.68. The highest BCUT2D eigenvalue weighted by Gasteiger charge is 2.32. The van der Waals surface area contributed by atoms with Gasteiger partial charge in [-0.1, -0.05) is 12.1 Å². The van der Waals surface area contributed by atoms with Crippen molar-refractivity contribution in [1.82, 2.24) is 10.2 Å². The molecule has 1 aliphatic rings. The number of aryl methyl sites for hydroxylation is 1. The van der Waals surface area contributed by atoms with E-state index in [1.54, 1.807) is 32.2 Å². The number of aromatic hydroxyl groups is 1. The van der Waals surface area contributed by atoms with Crippen molar-refractivity contribution in [2.24, 2.45) is 0 Å². The van der Waals surface area contributed by atoms with E-state index in [4.69, 9.17) is 0 Å². The smallest absolute Gasteiger partial charge is 0.257 e. The molecular weight excluding hydrogens is 232 g/mol. The van der Waals surface area contributed by atoms with Crippen molar-refractivity contribution in [3.8, 4) is 5.75 Å². The van der Waals surface area contributed by atoms with Gasteiger partial charge >= 0.3 is 0 Å². The highest BCUT2D eigenvalue weighted by atomic mass is 16.3. The van der Waals surface area contributed by atoms with Gasteiger partial charge in [-0.25, -0.2) is 0 Å². The quantitative estimate of drug-likeness (QED) is 0.696. The van der Waals surface area contributed by atoms with Crippen LogP contribution in [0.3, 0.4) is 0 Å². The molecule has 1 saturated heterocycles. The predicted molar refractivity (Wildman–Crippen MR) is 67.6 cm³/mol. The minimum absolute atomic E-state index is 0.00907. The maximum absolute atomic E-state index is 12.3. The number of hydrogen-bond acceptors (Lipinski definition) is 4. The van der Waals surface area contributed by atoms with Crippen LogP contribution in [0.2, 0.25) is 0 Å². The van der Waals surface area contributed by atoms with E-state index >= 15 is 0 Å².